The molecule has 0 bridgehead atoms. The predicted molar refractivity (Wildman–Crippen MR) is 92.0 cm³/mol. The molecule has 2 aliphatic rings. The van der Waals surface area contributed by atoms with Crippen LogP contribution >= 0.6 is 0 Å². The Morgan fingerprint density at radius 3 is 2.41 bits per heavy atom. The topological polar surface area (TPSA) is 23.5 Å². The zero-order chi connectivity index (χ0) is 15.3. The van der Waals surface area contributed by atoms with Gasteiger partial charge in [0.1, 0.15) is 0 Å². The molecular weight excluding hydrogens is 270 g/mol. The van der Waals surface area contributed by atoms with E-state index >= 15 is 0 Å². The molecule has 122 valence electrons. The minimum atomic E-state index is -0.494. The number of aliphatic hydroxyl groups is 1. The van der Waals surface area contributed by atoms with E-state index in [1.807, 2.05) is 0 Å². The van der Waals surface area contributed by atoms with Gasteiger partial charge in [0.05, 0.1) is 5.60 Å². The van der Waals surface area contributed by atoms with Gasteiger partial charge in [0.2, 0.25) is 0 Å². The van der Waals surface area contributed by atoms with Gasteiger partial charge in [-0.3, -0.25) is 0 Å². The smallest absolute Gasteiger partial charge is 0.0728 e. The third-order valence-electron chi connectivity index (χ3n) is 5.70. The Labute approximate surface area is 135 Å². The van der Waals surface area contributed by atoms with Crippen molar-refractivity contribution in [2.45, 2.75) is 63.4 Å². The van der Waals surface area contributed by atoms with Gasteiger partial charge in [0.15, 0.2) is 0 Å². The van der Waals surface area contributed by atoms with Gasteiger partial charge in [-0.15, -0.1) is 0 Å². The van der Waals surface area contributed by atoms with E-state index in [0.717, 1.165) is 19.4 Å². The number of nitrogens with zero attached hydrogens (tertiary/aromatic N) is 1. The molecule has 2 atom stereocenters. The maximum atomic E-state index is 11.4. The Balaban J connectivity index is 1.66. The fourth-order valence-electron chi connectivity index (χ4n) is 4.37. The van der Waals surface area contributed by atoms with Crippen LogP contribution in [0.1, 0.15) is 56.9 Å². The Kier molecular flexibility index (Phi) is 5.54. The molecule has 0 spiro atoms. The summed E-state index contributed by atoms with van der Waals surface area (Å²) in [5, 5.41) is 11.4. The summed E-state index contributed by atoms with van der Waals surface area (Å²) in [6.45, 7) is 3.57. The summed E-state index contributed by atoms with van der Waals surface area (Å²) in [7, 11) is 0. The number of hydrogen-bond donors (Lipinski definition) is 1. The van der Waals surface area contributed by atoms with E-state index in [1.165, 1.54) is 63.6 Å². The van der Waals surface area contributed by atoms with Crippen LogP contribution in [-0.2, 0) is 6.42 Å². The van der Waals surface area contributed by atoms with Crippen molar-refractivity contribution in [2.24, 2.45) is 5.92 Å². The fourth-order valence-corrected chi connectivity index (χ4v) is 4.37. The highest BCUT2D eigenvalue weighted by molar-refractivity contribution is 5.18. The number of rotatable bonds is 4. The van der Waals surface area contributed by atoms with Crippen LogP contribution in [0.25, 0.3) is 0 Å². The van der Waals surface area contributed by atoms with E-state index in [2.05, 4.69) is 35.2 Å². The van der Waals surface area contributed by atoms with Gasteiger partial charge >= 0.3 is 0 Å². The normalized spacial score (nSPS) is 30.9. The molecule has 1 saturated carbocycles. The van der Waals surface area contributed by atoms with E-state index in [1.54, 1.807) is 0 Å². The Bertz CT molecular complexity index is 438. The van der Waals surface area contributed by atoms with Crippen LogP contribution in [0.4, 0.5) is 0 Å². The van der Waals surface area contributed by atoms with Crippen LogP contribution < -0.4 is 0 Å². The number of benzene rings is 1. The molecule has 1 aromatic rings. The summed E-state index contributed by atoms with van der Waals surface area (Å²) in [4.78, 5) is 2.62. The maximum absolute atomic E-state index is 11.4. The molecule has 1 N–H and O–H groups in total. The monoisotopic (exact) mass is 301 g/mol. The molecule has 0 radical (unpaired) electrons. The summed E-state index contributed by atoms with van der Waals surface area (Å²) in [5.41, 5.74) is 0.791. The van der Waals surface area contributed by atoms with Gasteiger partial charge in [-0.2, -0.15) is 0 Å². The average molecular weight is 301 g/mol. The number of likely N-dealkylation sites (tertiary alicyclic amines) is 1. The van der Waals surface area contributed by atoms with Gasteiger partial charge in [0.25, 0.3) is 0 Å². The highest BCUT2D eigenvalue weighted by Crippen LogP contribution is 2.37. The van der Waals surface area contributed by atoms with Crippen LogP contribution in [-0.4, -0.2) is 35.2 Å². The van der Waals surface area contributed by atoms with E-state index in [4.69, 9.17) is 0 Å². The second-order valence-corrected chi connectivity index (χ2v) is 7.42. The zero-order valence-electron chi connectivity index (χ0n) is 13.8. The lowest BCUT2D eigenvalue weighted by atomic mass is 9.72. The first-order valence-electron chi connectivity index (χ1n) is 9.25. The highest BCUT2D eigenvalue weighted by atomic mass is 16.3. The third-order valence-corrected chi connectivity index (χ3v) is 5.70. The molecule has 2 fully saturated rings. The van der Waals surface area contributed by atoms with Gasteiger partial charge in [0, 0.05) is 18.9 Å². The fraction of sp³-hybridized carbons (Fsp3) is 0.700. The van der Waals surface area contributed by atoms with Crippen molar-refractivity contribution < 1.29 is 5.11 Å². The van der Waals surface area contributed by atoms with Crippen molar-refractivity contribution in [1.82, 2.24) is 4.90 Å². The largest absolute Gasteiger partial charge is 0.389 e. The first kappa shape index (κ1) is 16.0. The maximum Gasteiger partial charge on any atom is 0.0728 e. The van der Waals surface area contributed by atoms with Crippen LogP contribution in [0.2, 0.25) is 0 Å². The lowest BCUT2D eigenvalue weighted by molar-refractivity contribution is -0.0589. The molecule has 22 heavy (non-hydrogen) atoms. The Morgan fingerprint density at radius 2 is 1.68 bits per heavy atom. The summed E-state index contributed by atoms with van der Waals surface area (Å²) < 4.78 is 0. The molecule has 1 heterocycles. The minimum Gasteiger partial charge on any atom is -0.389 e. The predicted octanol–water partition coefficient (Wildman–Crippen LogP) is 4.03. The van der Waals surface area contributed by atoms with Crippen molar-refractivity contribution in [3.8, 4) is 0 Å². The van der Waals surface area contributed by atoms with Gasteiger partial charge < -0.3 is 10.0 Å². The molecule has 1 aliphatic carbocycles. The molecule has 1 aliphatic heterocycles. The van der Waals surface area contributed by atoms with Crippen molar-refractivity contribution in [1.29, 1.82) is 0 Å². The molecule has 1 aromatic carbocycles. The molecular formula is C20H31NO. The molecule has 2 nitrogen and oxygen atoms in total. The minimum absolute atomic E-state index is 0.444. The Hall–Kier alpha value is -0.860. The summed E-state index contributed by atoms with van der Waals surface area (Å²) in [5.74, 6) is 0.444. The standard InChI is InChI=1S/C20H31NO/c22-20(16-18-10-4-3-5-11-18)13-7-6-12-19(20)17-21-14-8-1-2-9-15-21/h3-5,10-11,19,22H,1-2,6-9,12-17H2. The second kappa shape index (κ2) is 7.61. The molecule has 2 unspecified atom stereocenters. The molecule has 0 amide bonds. The first-order chi connectivity index (χ1) is 10.8. The molecule has 2 heteroatoms. The van der Waals surface area contributed by atoms with Gasteiger partial charge in [-0.05, 0) is 44.3 Å². The lowest BCUT2D eigenvalue weighted by Gasteiger charge is -2.42. The van der Waals surface area contributed by atoms with Crippen LogP contribution in [0.3, 0.4) is 0 Å². The van der Waals surface area contributed by atoms with E-state index in [9.17, 15) is 5.11 Å². The molecule has 1 saturated heterocycles. The number of hydrogen-bond acceptors (Lipinski definition) is 2. The third kappa shape index (κ3) is 4.11. The SMILES string of the molecule is OC1(Cc2ccccc2)CCCCC1CN1CCCCCC1. The van der Waals surface area contributed by atoms with Gasteiger partial charge in [-0.1, -0.05) is 56.0 Å². The summed E-state index contributed by atoms with van der Waals surface area (Å²) >= 11 is 0. The average Bonchev–Trinajstić information content (AvgIpc) is 2.79. The van der Waals surface area contributed by atoms with Crippen molar-refractivity contribution in [3.05, 3.63) is 35.9 Å². The highest BCUT2D eigenvalue weighted by Gasteiger charge is 2.39. The van der Waals surface area contributed by atoms with E-state index in [-0.39, 0.29) is 0 Å². The van der Waals surface area contributed by atoms with Crippen molar-refractivity contribution >= 4 is 0 Å². The Morgan fingerprint density at radius 1 is 0.955 bits per heavy atom. The van der Waals surface area contributed by atoms with E-state index in [0.29, 0.717) is 5.92 Å². The lowest BCUT2D eigenvalue weighted by Crippen LogP contribution is -2.48. The second-order valence-electron chi connectivity index (χ2n) is 7.42. The first-order valence-corrected chi connectivity index (χ1v) is 9.25. The van der Waals surface area contributed by atoms with Crippen LogP contribution in [0.15, 0.2) is 30.3 Å². The van der Waals surface area contributed by atoms with Crippen LogP contribution in [0.5, 0.6) is 0 Å². The van der Waals surface area contributed by atoms with Crippen molar-refractivity contribution in [3.63, 3.8) is 0 Å². The van der Waals surface area contributed by atoms with Crippen molar-refractivity contribution in [2.75, 3.05) is 19.6 Å². The van der Waals surface area contributed by atoms with E-state index < -0.39 is 5.60 Å². The molecule has 3 rings (SSSR count). The summed E-state index contributed by atoms with van der Waals surface area (Å²) in [6.07, 6.45) is 10.9. The molecule has 0 aromatic heterocycles. The zero-order valence-corrected chi connectivity index (χ0v) is 13.8. The van der Waals surface area contributed by atoms with Crippen LogP contribution in [0, 0.1) is 5.92 Å². The van der Waals surface area contributed by atoms with Gasteiger partial charge in [-0.25, -0.2) is 0 Å². The quantitative estimate of drug-likeness (QED) is 0.907. The summed E-state index contributed by atoms with van der Waals surface area (Å²) in [6, 6.07) is 10.6.